The summed E-state index contributed by atoms with van der Waals surface area (Å²) in [7, 11) is 0. The molecule has 0 radical (unpaired) electrons. The van der Waals surface area contributed by atoms with Gasteiger partial charge in [0.1, 0.15) is 12.1 Å². The third-order valence-corrected chi connectivity index (χ3v) is 2.47. The van der Waals surface area contributed by atoms with E-state index < -0.39 is 11.7 Å². The molecule has 0 saturated carbocycles. The van der Waals surface area contributed by atoms with Crippen molar-refractivity contribution >= 4 is 11.6 Å². The molecular formula is C11H7N5O4. The van der Waals surface area contributed by atoms with Crippen molar-refractivity contribution in [1.82, 2.24) is 24.6 Å². The third kappa shape index (κ3) is 2.07. The first kappa shape index (κ1) is 11.8. The van der Waals surface area contributed by atoms with Crippen LogP contribution in [-0.2, 0) is 0 Å². The van der Waals surface area contributed by atoms with E-state index in [-0.39, 0.29) is 17.2 Å². The number of fused-ring (bicyclic) bond motifs is 1. The number of ether oxygens (including phenoxy) is 1. The first-order valence-electron chi connectivity index (χ1n) is 5.42. The smallest absolute Gasteiger partial charge is 0.348 e. The lowest BCUT2D eigenvalue weighted by Crippen LogP contribution is -2.09. The maximum atomic E-state index is 11.3. The van der Waals surface area contributed by atoms with Crippen LogP contribution >= 0.6 is 0 Å². The number of rotatable bonds is 3. The molecule has 0 unspecified atom stereocenters. The Morgan fingerprint density at radius 3 is 3.00 bits per heavy atom. The first-order valence-corrected chi connectivity index (χ1v) is 5.42. The largest absolute Gasteiger partial charge is 0.478 e. The highest BCUT2D eigenvalue weighted by Crippen LogP contribution is 2.19. The summed E-state index contributed by atoms with van der Waals surface area (Å²) in [6, 6.07) is 2.75. The van der Waals surface area contributed by atoms with Crippen LogP contribution < -0.4 is 10.4 Å². The van der Waals surface area contributed by atoms with E-state index in [1.165, 1.54) is 35.3 Å². The number of carbonyl (C=O) groups is 1. The molecule has 0 aliphatic heterocycles. The van der Waals surface area contributed by atoms with Gasteiger partial charge in [-0.1, -0.05) is 0 Å². The minimum Gasteiger partial charge on any atom is -0.478 e. The fraction of sp³-hybridized carbons (Fsp3) is 0. The number of aromatic nitrogens is 5. The molecule has 0 bridgehead atoms. The molecule has 3 aromatic heterocycles. The van der Waals surface area contributed by atoms with E-state index in [1.807, 2.05) is 0 Å². The first-order chi connectivity index (χ1) is 9.63. The lowest BCUT2D eigenvalue weighted by Gasteiger charge is -2.04. The highest BCUT2D eigenvalue weighted by Gasteiger charge is 2.08. The highest BCUT2D eigenvalue weighted by atomic mass is 16.5. The van der Waals surface area contributed by atoms with Crippen molar-refractivity contribution in [2.45, 2.75) is 0 Å². The van der Waals surface area contributed by atoms with Crippen molar-refractivity contribution < 1.29 is 14.6 Å². The van der Waals surface area contributed by atoms with Gasteiger partial charge in [0.05, 0.1) is 11.8 Å². The van der Waals surface area contributed by atoms with Gasteiger partial charge in [-0.25, -0.2) is 24.1 Å². The minimum absolute atomic E-state index is 0.000401. The second-order valence-electron chi connectivity index (χ2n) is 3.80. The van der Waals surface area contributed by atoms with Gasteiger partial charge in [0, 0.05) is 12.3 Å². The van der Waals surface area contributed by atoms with E-state index in [1.54, 1.807) is 0 Å². The summed E-state index contributed by atoms with van der Waals surface area (Å²) >= 11 is 0. The van der Waals surface area contributed by atoms with Crippen LogP contribution in [0.3, 0.4) is 0 Å². The van der Waals surface area contributed by atoms with E-state index in [2.05, 4.69) is 20.2 Å². The van der Waals surface area contributed by atoms with Gasteiger partial charge in [-0.2, -0.15) is 5.10 Å². The van der Waals surface area contributed by atoms with Crippen LogP contribution in [0.15, 0.2) is 35.6 Å². The average Bonchev–Trinajstić information content (AvgIpc) is 2.80. The minimum atomic E-state index is -1.11. The quantitative estimate of drug-likeness (QED) is 0.703. The summed E-state index contributed by atoms with van der Waals surface area (Å²) in [5.74, 6) is -0.717. The molecule has 3 aromatic rings. The zero-order valence-corrected chi connectivity index (χ0v) is 9.85. The van der Waals surface area contributed by atoms with Gasteiger partial charge in [0.15, 0.2) is 5.65 Å². The van der Waals surface area contributed by atoms with E-state index in [4.69, 9.17) is 9.84 Å². The van der Waals surface area contributed by atoms with Crippen LogP contribution in [0.5, 0.6) is 11.6 Å². The van der Waals surface area contributed by atoms with Crippen LogP contribution in [-0.4, -0.2) is 35.6 Å². The fourth-order valence-corrected chi connectivity index (χ4v) is 1.56. The van der Waals surface area contributed by atoms with Crippen LogP contribution in [0.2, 0.25) is 0 Å². The molecular weight excluding hydrogens is 266 g/mol. The number of carboxylic acids is 1. The molecule has 0 fully saturated rings. The topological polar surface area (TPSA) is 122 Å². The number of aromatic amines is 1. The molecule has 0 aliphatic carbocycles. The Bertz CT molecular complexity index is 853. The van der Waals surface area contributed by atoms with Crippen molar-refractivity contribution in [3.8, 4) is 11.6 Å². The van der Waals surface area contributed by atoms with Gasteiger partial charge in [0.2, 0.25) is 5.88 Å². The highest BCUT2D eigenvalue weighted by molar-refractivity contribution is 5.87. The number of nitrogens with one attached hydrogen (secondary N) is 1. The van der Waals surface area contributed by atoms with Gasteiger partial charge in [0.25, 0.3) is 0 Å². The van der Waals surface area contributed by atoms with E-state index in [0.717, 1.165) is 0 Å². The number of hydrogen-bond acceptors (Lipinski definition) is 6. The molecule has 0 aromatic carbocycles. The molecule has 0 amide bonds. The number of H-pyrrole nitrogens is 1. The Morgan fingerprint density at radius 2 is 2.20 bits per heavy atom. The third-order valence-electron chi connectivity index (χ3n) is 2.47. The monoisotopic (exact) mass is 273 g/mol. The molecule has 100 valence electrons. The van der Waals surface area contributed by atoms with E-state index in [9.17, 15) is 9.59 Å². The molecule has 0 saturated heterocycles. The summed E-state index contributed by atoms with van der Waals surface area (Å²) < 4.78 is 6.59. The molecule has 0 spiro atoms. The van der Waals surface area contributed by atoms with Gasteiger partial charge < -0.3 is 9.84 Å². The number of pyridine rings is 1. The molecule has 20 heavy (non-hydrogen) atoms. The zero-order chi connectivity index (χ0) is 14.1. The fourth-order valence-electron chi connectivity index (χ4n) is 1.56. The Hall–Kier alpha value is -3.23. The molecule has 3 heterocycles. The predicted octanol–water partition coefficient (Wildman–Crippen LogP) is 0.303. The molecule has 9 nitrogen and oxygen atoms in total. The molecule has 9 heteroatoms. The summed E-state index contributed by atoms with van der Waals surface area (Å²) in [6.45, 7) is 0. The second-order valence-corrected chi connectivity index (χ2v) is 3.80. The summed E-state index contributed by atoms with van der Waals surface area (Å²) in [4.78, 5) is 29.7. The Morgan fingerprint density at radius 1 is 1.35 bits per heavy atom. The lowest BCUT2D eigenvalue weighted by atomic mass is 10.3. The van der Waals surface area contributed by atoms with Crippen molar-refractivity contribution in [3.05, 3.63) is 46.9 Å². The van der Waals surface area contributed by atoms with Gasteiger partial charge in [-0.3, -0.25) is 4.98 Å². The van der Waals surface area contributed by atoms with Crippen molar-refractivity contribution in [1.29, 1.82) is 0 Å². The number of aromatic carboxylic acids is 1. The molecule has 0 atom stereocenters. The summed E-state index contributed by atoms with van der Waals surface area (Å²) in [5, 5.41) is 14.9. The Kier molecular flexibility index (Phi) is 2.64. The molecule has 2 N–H and O–H groups in total. The van der Waals surface area contributed by atoms with Gasteiger partial charge in [-0.15, -0.1) is 0 Å². The zero-order valence-electron chi connectivity index (χ0n) is 9.85. The van der Waals surface area contributed by atoms with E-state index in [0.29, 0.717) is 5.65 Å². The summed E-state index contributed by atoms with van der Waals surface area (Å²) in [5.41, 5.74) is -0.0736. The maximum Gasteiger partial charge on any atom is 0.348 e. The average molecular weight is 273 g/mol. The number of carboxylic acid groups (broad SMARTS) is 1. The molecule has 3 rings (SSSR count). The SMILES string of the molecule is O=C(O)c1cncc(Oc2cc3n[nH]c(=O)n3cn2)c1. The molecule has 0 aliphatic rings. The van der Waals surface area contributed by atoms with E-state index >= 15 is 0 Å². The summed E-state index contributed by atoms with van der Waals surface area (Å²) in [6.07, 6.45) is 3.82. The van der Waals surface area contributed by atoms with Crippen molar-refractivity contribution in [2.24, 2.45) is 0 Å². The van der Waals surface area contributed by atoms with Crippen LogP contribution in [0.4, 0.5) is 0 Å². The Labute approximate surface area is 110 Å². The maximum absolute atomic E-state index is 11.3. The number of hydrogen-bond donors (Lipinski definition) is 2. The van der Waals surface area contributed by atoms with Crippen molar-refractivity contribution in [3.63, 3.8) is 0 Å². The van der Waals surface area contributed by atoms with Crippen LogP contribution in [0.25, 0.3) is 5.65 Å². The second kappa shape index (κ2) is 4.46. The van der Waals surface area contributed by atoms with Gasteiger partial charge >= 0.3 is 11.7 Å². The van der Waals surface area contributed by atoms with Crippen molar-refractivity contribution in [2.75, 3.05) is 0 Å². The number of nitrogens with zero attached hydrogens (tertiary/aromatic N) is 4. The lowest BCUT2D eigenvalue weighted by molar-refractivity contribution is 0.0696. The van der Waals surface area contributed by atoms with Gasteiger partial charge in [-0.05, 0) is 6.07 Å². The Balaban J connectivity index is 1.94. The van der Waals surface area contributed by atoms with Crippen LogP contribution in [0.1, 0.15) is 10.4 Å². The van der Waals surface area contributed by atoms with Crippen LogP contribution in [0, 0.1) is 0 Å². The predicted molar refractivity (Wildman–Crippen MR) is 64.9 cm³/mol. The standard InChI is InChI=1S/C11H7N5O4/c17-10(18)6-1-7(4-12-3-6)20-9-2-8-14-15-11(19)16(8)5-13-9/h1-5H,(H,15,19)(H,17,18). The normalized spacial score (nSPS) is 10.6.